The van der Waals surface area contributed by atoms with Gasteiger partial charge in [0.15, 0.2) is 17.1 Å². The maximum Gasteiger partial charge on any atom is 0.418 e. The van der Waals surface area contributed by atoms with Crippen LogP contribution < -0.4 is 15.5 Å². The van der Waals surface area contributed by atoms with Gasteiger partial charge in [-0.3, -0.25) is 14.6 Å². The molecular formula is C24H17F5N4O3. The molecule has 1 aromatic carbocycles. The van der Waals surface area contributed by atoms with Gasteiger partial charge in [-0.2, -0.15) is 13.2 Å². The molecule has 4 aromatic rings. The van der Waals surface area contributed by atoms with Gasteiger partial charge in [0.2, 0.25) is 5.88 Å². The Kier molecular flexibility index (Phi) is 6.21. The number of hydrogen-bond donors (Lipinski definition) is 2. The molecule has 12 heteroatoms. The Morgan fingerprint density at radius 2 is 1.81 bits per heavy atom. The number of benzene rings is 1. The van der Waals surface area contributed by atoms with Gasteiger partial charge < -0.3 is 15.0 Å². The monoisotopic (exact) mass is 504 g/mol. The van der Waals surface area contributed by atoms with E-state index in [-0.39, 0.29) is 50.6 Å². The molecule has 0 saturated carbocycles. The van der Waals surface area contributed by atoms with Crippen LogP contribution in [0, 0.1) is 25.5 Å². The minimum Gasteiger partial charge on any atom is -0.438 e. The smallest absolute Gasteiger partial charge is 0.418 e. The minimum atomic E-state index is -4.78. The predicted octanol–water partition coefficient (Wildman–Crippen LogP) is 5.05. The van der Waals surface area contributed by atoms with Crippen molar-refractivity contribution in [1.29, 1.82) is 0 Å². The van der Waals surface area contributed by atoms with E-state index >= 15 is 0 Å². The van der Waals surface area contributed by atoms with Gasteiger partial charge in [0, 0.05) is 31.1 Å². The van der Waals surface area contributed by atoms with Crippen molar-refractivity contribution in [3.63, 3.8) is 0 Å². The number of ether oxygens (including phenoxy) is 1. The maximum atomic E-state index is 14.1. The van der Waals surface area contributed by atoms with Crippen LogP contribution in [0.5, 0.6) is 11.6 Å². The van der Waals surface area contributed by atoms with Gasteiger partial charge in [-0.05, 0) is 37.6 Å². The van der Waals surface area contributed by atoms with Gasteiger partial charge in [0.05, 0.1) is 27.7 Å². The summed E-state index contributed by atoms with van der Waals surface area (Å²) in [6.45, 7) is 2.39. The molecule has 7 nitrogen and oxygen atoms in total. The summed E-state index contributed by atoms with van der Waals surface area (Å²) in [4.78, 5) is 35.7. The van der Waals surface area contributed by atoms with Crippen LogP contribution in [0.2, 0.25) is 0 Å². The van der Waals surface area contributed by atoms with Crippen molar-refractivity contribution in [3.05, 3.63) is 80.9 Å². The van der Waals surface area contributed by atoms with Crippen molar-refractivity contribution < 1.29 is 31.5 Å². The van der Waals surface area contributed by atoms with Gasteiger partial charge in [-0.1, -0.05) is 0 Å². The van der Waals surface area contributed by atoms with Crippen LogP contribution in [0.25, 0.3) is 22.2 Å². The number of carbonyl (C=O) groups is 1. The fourth-order valence-electron chi connectivity index (χ4n) is 3.73. The fourth-order valence-corrected chi connectivity index (χ4v) is 3.73. The van der Waals surface area contributed by atoms with Crippen molar-refractivity contribution in [1.82, 2.24) is 20.3 Å². The van der Waals surface area contributed by atoms with E-state index in [1.54, 1.807) is 0 Å². The van der Waals surface area contributed by atoms with Crippen molar-refractivity contribution in [3.8, 4) is 22.9 Å². The molecule has 4 rings (SSSR count). The molecule has 0 radical (unpaired) electrons. The molecule has 3 aromatic heterocycles. The first-order valence-corrected chi connectivity index (χ1v) is 10.4. The summed E-state index contributed by atoms with van der Waals surface area (Å²) in [7, 11) is 1.35. The fraction of sp³-hybridized carbons (Fsp3) is 0.167. The zero-order valence-corrected chi connectivity index (χ0v) is 19.0. The SMILES string of the molecule is CNC(=O)c1nccc2[nH]c(-c3c(Oc4ccc(F)c(F)c4C)ncc(C(F)(F)F)c3C)cc(=O)c12. The number of fused-ring (bicyclic) bond motifs is 1. The predicted molar refractivity (Wildman–Crippen MR) is 120 cm³/mol. The van der Waals surface area contributed by atoms with Crippen LogP contribution in [-0.4, -0.2) is 27.9 Å². The van der Waals surface area contributed by atoms with E-state index in [0.29, 0.717) is 6.20 Å². The van der Waals surface area contributed by atoms with Crippen LogP contribution in [0.15, 0.2) is 41.5 Å². The molecule has 36 heavy (non-hydrogen) atoms. The number of aromatic amines is 1. The molecule has 0 atom stereocenters. The van der Waals surface area contributed by atoms with E-state index in [1.807, 2.05) is 0 Å². The quantitative estimate of drug-likeness (QED) is 0.379. The van der Waals surface area contributed by atoms with E-state index < -0.39 is 34.7 Å². The van der Waals surface area contributed by atoms with Crippen molar-refractivity contribution in [2.45, 2.75) is 20.0 Å². The molecule has 0 fully saturated rings. The molecule has 2 N–H and O–H groups in total. The molecule has 0 unspecified atom stereocenters. The number of carbonyl (C=O) groups excluding carboxylic acids is 1. The molecule has 0 saturated heterocycles. The Hall–Kier alpha value is -4.35. The zero-order chi connectivity index (χ0) is 26.4. The number of H-pyrrole nitrogens is 1. The van der Waals surface area contributed by atoms with Gasteiger partial charge in [0.25, 0.3) is 5.91 Å². The number of amides is 1. The van der Waals surface area contributed by atoms with Crippen LogP contribution in [0.4, 0.5) is 22.0 Å². The molecular weight excluding hydrogens is 487 g/mol. The second kappa shape index (κ2) is 9.02. The Morgan fingerprint density at radius 3 is 2.47 bits per heavy atom. The number of hydrogen-bond acceptors (Lipinski definition) is 5. The molecule has 1 amide bonds. The molecule has 0 aliphatic carbocycles. The first kappa shape index (κ1) is 24.8. The lowest BCUT2D eigenvalue weighted by Crippen LogP contribution is -2.22. The van der Waals surface area contributed by atoms with E-state index in [1.165, 1.54) is 26.2 Å². The Bertz CT molecular complexity index is 1580. The van der Waals surface area contributed by atoms with Crippen molar-refractivity contribution in [2.75, 3.05) is 7.05 Å². The summed E-state index contributed by atoms with van der Waals surface area (Å²) in [5, 5.41) is 2.29. The number of halogens is 5. The molecule has 0 aliphatic heterocycles. The first-order valence-electron chi connectivity index (χ1n) is 10.4. The lowest BCUT2D eigenvalue weighted by atomic mass is 10.0. The summed E-state index contributed by atoms with van der Waals surface area (Å²) in [5.41, 5.74) is -2.73. The number of alkyl halides is 3. The van der Waals surface area contributed by atoms with Gasteiger partial charge in [-0.25, -0.2) is 13.8 Å². The number of nitrogens with zero attached hydrogens (tertiary/aromatic N) is 2. The largest absolute Gasteiger partial charge is 0.438 e. The minimum absolute atomic E-state index is 0.0721. The summed E-state index contributed by atoms with van der Waals surface area (Å²) < 4.78 is 74.3. The van der Waals surface area contributed by atoms with Crippen LogP contribution >= 0.6 is 0 Å². The molecule has 0 bridgehead atoms. The highest BCUT2D eigenvalue weighted by atomic mass is 19.4. The number of rotatable bonds is 4. The molecule has 186 valence electrons. The lowest BCUT2D eigenvalue weighted by molar-refractivity contribution is -0.138. The topological polar surface area (TPSA) is 97.0 Å². The second-order valence-electron chi connectivity index (χ2n) is 7.77. The van der Waals surface area contributed by atoms with Crippen LogP contribution in [-0.2, 0) is 6.18 Å². The molecule has 0 spiro atoms. The third-order valence-corrected chi connectivity index (χ3v) is 5.56. The van der Waals surface area contributed by atoms with E-state index in [0.717, 1.165) is 25.1 Å². The van der Waals surface area contributed by atoms with Gasteiger partial charge >= 0.3 is 6.18 Å². The number of aromatic nitrogens is 3. The molecule has 0 aliphatic rings. The summed E-state index contributed by atoms with van der Waals surface area (Å²) >= 11 is 0. The van der Waals surface area contributed by atoms with Crippen molar-refractivity contribution in [2.24, 2.45) is 0 Å². The van der Waals surface area contributed by atoms with E-state index in [4.69, 9.17) is 4.74 Å². The number of pyridine rings is 3. The Morgan fingerprint density at radius 1 is 1.08 bits per heavy atom. The average Bonchev–Trinajstić information content (AvgIpc) is 2.82. The zero-order valence-electron chi connectivity index (χ0n) is 19.0. The highest BCUT2D eigenvalue weighted by molar-refractivity contribution is 6.04. The third-order valence-electron chi connectivity index (χ3n) is 5.56. The Labute approximate surface area is 200 Å². The summed E-state index contributed by atoms with van der Waals surface area (Å²) in [6.07, 6.45) is -2.97. The Balaban J connectivity index is 1.99. The lowest BCUT2D eigenvalue weighted by Gasteiger charge is -2.18. The summed E-state index contributed by atoms with van der Waals surface area (Å²) in [6, 6.07) is 4.28. The second-order valence-corrected chi connectivity index (χ2v) is 7.77. The van der Waals surface area contributed by atoms with Crippen LogP contribution in [0.1, 0.15) is 27.2 Å². The average molecular weight is 504 g/mol. The van der Waals surface area contributed by atoms with E-state index in [9.17, 15) is 31.5 Å². The van der Waals surface area contributed by atoms with Gasteiger partial charge in [0.1, 0.15) is 11.4 Å². The first-order chi connectivity index (χ1) is 16.9. The highest BCUT2D eigenvalue weighted by Crippen LogP contribution is 2.41. The molecule has 3 heterocycles. The van der Waals surface area contributed by atoms with Gasteiger partial charge in [-0.15, -0.1) is 0 Å². The van der Waals surface area contributed by atoms with Crippen molar-refractivity contribution >= 4 is 16.8 Å². The van der Waals surface area contributed by atoms with Crippen LogP contribution in [0.3, 0.4) is 0 Å². The number of nitrogens with one attached hydrogen (secondary N) is 2. The third kappa shape index (κ3) is 4.25. The normalized spacial score (nSPS) is 11.6. The maximum absolute atomic E-state index is 14.1. The standard InChI is InChI=1S/C24H17F5N4O3/c1-10-12(24(27,28)29)9-32-23(36-17-5-4-13(25)20(26)11(17)2)18(10)15-8-16(34)19-14(33-15)6-7-31-21(19)22(35)30-3/h4-9H,1-3H3,(H,30,35)(H,33,34). The highest BCUT2D eigenvalue weighted by Gasteiger charge is 2.35. The summed E-state index contributed by atoms with van der Waals surface area (Å²) in [5.74, 6) is -3.52. The van der Waals surface area contributed by atoms with E-state index in [2.05, 4.69) is 20.3 Å².